The zero-order valence-electron chi connectivity index (χ0n) is 25.7. The number of hydrogen-bond donors (Lipinski definition) is 0. The molecule has 3 heteroatoms. The fourth-order valence-corrected chi connectivity index (χ4v) is 7.53. The van der Waals surface area contributed by atoms with E-state index < -0.39 is 0 Å². The topological polar surface area (TPSA) is 25.8 Å². The third-order valence-corrected chi connectivity index (χ3v) is 10.2. The van der Waals surface area contributed by atoms with Crippen molar-refractivity contribution in [2.75, 3.05) is 0 Å². The van der Waals surface area contributed by atoms with Gasteiger partial charge in [0.2, 0.25) is 0 Å². The second-order valence-corrected chi connectivity index (χ2v) is 13.9. The van der Waals surface area contributed by atoms with Crippen molar-refractivity contribution in [3.63, 3.8) is 0 Å². The predicted octanol–water partition coefficient (Wildman–Crippen LogP) is 10.4. The van der Waals surface area contributed by atoms with Crippen molar-refractivity contribution < 1.29 is 20.1 Å². The maximum Gasteiger partial charge on any atom is 0.0239 e. The molecule has 9 rings (SSSR count). The number of pyridine rings is 2. The van der Waals surface area contributed by atoms with E-state index >= 15 is 0 Å². The third kappa shape index (κ3) is 5.75. The molecule has 4 aliphatic rings. The molecule has 1 radical (unpaired) electrons. The van der Waals surface area contributed by atoms with Crippen LogP contribution in [0.15, 0.2) is 85.2 Å². The molecule has 43 heavy (non-hydrogen) atoms. The van der Waals surface area contributed by atoms with Gasteiger partial charge in [-0.25, -0.2) is 0 Å². The Hall–Kier alpha value is -3.13. The molecule has 5 aromatic rings. The van der Waals surface area contributed by atoms with Gasteiger partial charge in [-0.15, -0.1) is 70.8 Å². The third-order valence-electron chi connectivity index (χ3n) is 10.2. The van der Waals surface area contributed by atoms with Crippen LogP contribution in [0.3, 0.4) is 0 Å². The molecule has 221 valence electrons. The van der Waals surface area contributed by atoms with E-state index in [4.69, 9.17) is 0 Å². The summed E-state index contributed by atoms with van der Waals surface area (Å²) in [5.41, 5.74) is 10.8. The number of rotatable bonds is 2. The summed E-state index contributed by atoms with van der Waals surface area (Å²) in [4.78, 5) is 9.11. The molecule has 3 aromatic carbocycles. The maximum atomic E-state index is 4.66. The summed E-state index contributed by atoms with van der Waals surface area (Å²) in [6.07, 6.45) is 11.9. The molecular weight excluding hydrogens is 701 g/mol. The largest absolute Gasteiger partial charge is 0.305 e. The molecule has 2 nitrogen and oxygen atoms in total. The van der Waals surface area contributed by atoms with Crippen LogP contribution in [0.1, 0.15) is 100 Å². The SMILES string of the molecule is CC1(C)CCC(C)(C)c2cc(-c3ccccn3)[c-]cc21.[Ir].[c-]1ccccc1-c1cc2cc3c(cc2cn1)C1CCC3CC1. The van der Waals surface area contributed by atoms with Crippen molar-refractivity contribution in [2.45, 2.75) is 88.9 Å². The normalized spacial score (nSPS) is 20.7. The minimum atomic E-state index is 0. The van der Waals surface area contributed by atoms with E-state index in [1.54, 1.807) is 11.1 Å². The Morgan fingerprint density at radius 2 is 1.33 bits per heavy atom. The fourth-order valence-electron chi connectivity index (χ4n) is 7.53. The van der Waals surface area contributed by atoms with Gasteiger partial charge in [0.25, 0.3) is 0 Å². The van der Waals surface area contributed by atoms with Crippen LogP contribution in [-0.2, 0) is 30.9 Å². The van der Waals surface area contributed by atoms with Crippen molar-refractivity contribution in [1.29, 1.82) is 0 Å². The zero-order chi connectivity index (χ0) is 28.9. The van der Waals surface area contributed by atoms with Crippen LogP contribution < -0.4 is 0 Å². The molecule has 4 aliphatic carbocycles. The maximum absolute atomic E-state index is 4.66. The van der Waals surface area contributed by atoms with Crippen molar-refractivity contribution in [2.24, 2.45) is 0 Å². The minimum absolute atomic E-state index is 0. The van der Waals surface area contributed by atoms with Crippen LogP contribution in [0.5, 0.6) is 0 Å². The van der Waals surface area contributed by atoms with Gasteiger partial charge in [-0.2, -0.15) is 0 Å². The number of aromatic nitrogens is 2. The summed E-state index contributed by atoms with van der Waals surface area (Å²) in [5, 5.41) is 2.61. The second kappa shape index (κ2) is 11.8. The van der Waals surface area contributed by atoms with Crippen LogP contribution in [0, 0.1) is 12.1 Å². The van der Waals surface area contributed by atoms with Crippen LogP contribution in [-0.4, -0.2) is 9.97 Å². The van der Waals surface area contributed by atoms with Crippen LogP contribution in [0.2, 0.25) is 0 Å². The summed E-state index contributed by atoms with van der Waals surface area (Å²) in [6, 6.07) is 32.4. The molecule has 0 aliphatic heterocycles. The van der Waals surface area contributed by atoms with E-state index in [2.05, 4.69) is 92.3 Å². The Labute approximate surface area is 270 Å². The quantitative estimate of drug-likeness (QED) is 0.169. The number of hydrogen-bond acceptors (Lipinski definition) is 2. The first-order valence-corrected chi connectivity index (χ1v) is 15.7. The molecule has 2 bridgehead atoms. The predicted molar refractivity (Wildman–Crippen MR) is 174 cm³/mol. The molecule has 2 aromatic heterocycles. The van der Waals surface area contributed by atoms with E-state index in [9.17, 15) is 0 Å². The van der Waals surface area contributed by atoms with Gasteiger partial charge in [-0.3, -0.25) is 0 Å². The Morgan fingerprint density at radius 3 is 1.98 bits per heavy atom. The van der Waals surface area contributed by atoms with E-state index in [0.717, 1.165) is 34.4 Å². The van der Waals surface area contributed by atoms with Gasteiger partial charge in [0.05, 0.1) is 0 Å². The van der Waals surface area contributed by atoms with E-state index in [1.807, 2.05) is 42.7 Å². The molecule has 0 atom stereocenters. The molecule has 2 heterocycles. The van der Waals surface area contributed by atoms with E-state index in [1.165, 1.54) is 60.4 Å². The number of fused-ring (bicyclic) bond motifs is 4. The van der Waals surface area contributed by atoms with Crippen LogP contribution >= 0.6 is 0 Å². The molecule has 1 fully saturated rings. The molecular formula is C40H40IrN2-2. The van der Waals surface area contributed by atoms with Crippen molar-refractivity contribution in [3.8, 4) is 22.5 Å². The molecule has 1 saturated carbocycles. The van der Waals surface area contributed by atoms with Gasteiger partial charge in [0, 0.05) is 32.5 Å². The van der Waals surface area contributed by atoms with E-state index in [0.29, 0.717) is 0 Å². The Kier molecular flexibility index (Phi) is 8.18. The smallest absolute Gasteiger partial charge is 0.0239 e. The number of benzene rings is 3. The first kappa shape index (κ1) is 29.9. The molecule has 0 amide bonds. The summed E-state index contributed by atoms with van der Waals surface area (Å²) in [7, 11) is 0. The fraction of sp³-hybridized carbons (Fsp3) is 0.350. The Balaban J connectivity index is 0.000000150. The van der Waals surface area contributed by atoms with Crippen molar-refractivity contribution in [3.05, 3.63) is 120 Å². The van der Waals surface area contributed by atoms with Crippen LogP contribution in [0.4, 0.5) is 0 Å². The van der Waals surface area contributed by atoms with Gasteiger partial charge in [0.15, 0.2) is 0 Å². The number of nitrogens with zero attached hydrogens (tertiary/aromatic N) is 2. The van der Waals surface area contributed by atoms with Gasteiger partial charge < -0.3 is 9.97 Å². The first-order chi connectivity index (χ1) is 20.3. The molecule has 0 spiro atoms. The summed E-state index contributed by atoms with van der Waals surface area (Å²) in [5.74, 6) is 1.59. The standard InChI is InChI=1S/C21H18N.C19H22N.Ir/c1-2-4-16(5-3-1)21-12-17-10-19-14-6-8-15(9-7-14)20(19)11-18(17)13-22-21;1-18(2)10-11-19(3,4)16-13-14(8-9-15(16)18)17-7-5-6-12-20-17;/h1-4,10-15H,6-9H2;5-7,9,12-13H,10-11H2,1-4H3;/q2*-1;. The van der Waals surface area contributed by atoms with Gasteiger partial charge in [-0.1, -0.05) is 58.4 Å². The summed E-state index contributed by atoms with van der Waals surface area (Å²) < 4.78 is 0. The van der Waals surface area contributed by atoms with Gasteiger partial charge >= 0.3 is 0 Å². The summed E-state index contributed by atoms with van der Waals surface area (Å²) in [6.45, 7) is 9.39. The molecule has 0 saturated heterocycles. The zero-order valence-corrected chi connectivity index (χ0v) is 28.1. The van der Waals surface area contributed by atoms with E-state index in [-0.39, 0.29) is 30.9 Å². The summed E-state index contributed by atoms with van der Waals surface area (Å²) >= 11 is 0. The van der Waals surface area contributed by atoms with Crippen LogP contribution in [0.25, 0.3) is 33.3 Å². The Morgan fingerprint density at radius 1 is 0.651 bits per heavy atom. The first-order valence-electron chi connectivity index (χ1n) is 15.7. The van der Waals surface area contributed by atoms with Gasteiger partial charge in [-0.05, 0) is 100 Å². The average molecular weight is 741 g/mol. The molecule has 0 unspecified atom stereocenters. The van der Waals surface area contributed by atoms with Crippen molar-refractivity contribution in [1.82, 2.24) is 9.97 Å². The van der Waals surface area contributed by atoms with Crippen molar-refractivity contribution >= 4 is 10.8 Å². The van der Waals surface area contributed by atoms with Gasteiger partial charge in [0.1, 0.15) is 0 Å². The average Bonchev–Trinajstić information content (AvgIpc) is 3.04. The second-order valence-electron chi connectivity index (χ2n) is 13.9. The Bertz CT molecular complexity index is 1730. The monoisotopic (exact) mass is 741 g/mol. The molecule has 0 N–H and O–H groups in total. The minimum Gasteiger partial charge on any atom is -0.305 e.